The Morgan fingerprint density at radius 2 is 1.80 bits per heavy atom. The van der Waals surface area contributed by atoms with Crippen molar-refractivity contribution in [3.8, 4) is 0 Å². The Kier molecular flexibility index (Phi) is 7.11. The Bertz CT molecular complexity index is 405. The molecule has 0 bridgehead atoms. The summed E-state index contributed by atoms with van der Waals surface area (Å²) in [7, 11) is 1.69. The van der Waals surface area contributed by atoms with Crippen molar-refractivity contribution in [2.75, 3.05) is 26.9 Å². The maximum atomic E-state index is 5.99. The highest BCUT2D eigenvalue weighted by Crippen LogP contribution is 2.30. The number of hydrogen-bond donors (Lipinski definition) is 0. The zero-order valence-corrected chi connectivity index (χ0v) is 16.0. The average Bonchev–Trinajstić information content (AvgIpc) is 3.28. The smallest absolute Gasteiger partial charge is 0.160 e. The summed E-state index contributed by atoms with van der Waals surface area (Å²) in [4.78, 5) is 0. The van der Waals surface area contributed by atoms with Gasteiger partial charge in [-0.1, -0.05) is 20.8 Å². The van der Waals surface area contributed by atoms with E-state index in [9.17, 15) is 0 Å². The average molecular weight is 358 g/mol. The SMILES string of the molecule is COC1CC(C)C(COC2CCC(CCOC3OCC(C)C3C)O2)O1. The van der Waals surface area contributed by atoms with Crippen molar-refractivity contribution < 1.29 is 28.4 Å². The van der Waals surface area contributed by atoms with Gasteiger partial charge in [0.05, 0.1) is 32.0 Å². The number of methoxy groups -OCH3 is 1. The van der Waals surface area contributed by atoms with Crippen LogP contribution in [0.25, 0.3) is 0 Å². The Balaban J connectivity index is 1.29. The van der Waals surface area contributed by atoms with Crippen LogP contribution in [0.4, 0.5) is 0 Å². The summed E-state index contributed by atoms with van der Waals surface area (Å²) in [6, 6.07) is 0. The van der Waals surface area contributed by atoms with Gasteiger partial charge in [0.25, 0.3) is 0 Å². The van der Waals surface area contributed by atoms with E-state index in [1.807, 2.05) is 0 Å². The van der Waals surface area contributed by atoms with Crippen molar-refractivity contribution in [1.82, 2.24) is 0 Å². The molecule has 25 heavy (non-hydrogen) atoms. The van der Waals surface area contributed by atoms with E-state index >= 15 is 0 Å². The van der Waals surface area contributed by atoms with Gasteiger partial charge >= 0.3 is 0 Å². The van der Waals surface area contributed by atoms with Gasteiger partial charge in [0.2, 0.25) is 0 Å². The highest BCUT2D eigenvalue weighted by Gasteiger charge is 2.35. The van der Waals surface area contributed by atoms with Crippen molar-refractivity contribution in [1.29, 1.82) is 0 Å². The molecule has 0 aromatic rings. The van der Waals surface area contributed by atoms with Crippen LogP contribution in [0.15, 0.2) is 0 Å². The topological polar surface area (TPSA) is 55.4 Å². The molecule has 0 amide bonds. The zero-order chi connectivity index (χ0) is 17.8. The molecule has 3 aliphatic heterocycles. The first-order valence-electron chi connectivity index (χ1n) is 9.75. The molecule has 0 aromatic carbocycles. The Morgan fingerprint density at radius 1 is 0.960 bits per heavy atom. The molecule has 3 saturated heterocycles. The highest BCUT2D eigenvalue weighted by molar-refractivity contribution is 4.77. The largest absolute Gasteiger partial charge is 0.356 e. The third kappa shape index (κ3) is 5.15. The summed E-state index contributed by atoms with van der Waals surface area (Å²) in [6.45, 7) is 8.62. The number of ether oxygens (including phenoxy) is 6. The summed E-state index contributed by atoms with van der Waals surface area (Å²) < 4.78 is 34.6. The van der Waals surface area contributed by atoms with E-state index in [-0.39, 0.29) is 31.1 Å². The van der Waals surface area contributed by atoms with Crippen LogP contribution < -0.4 is 0 Å². The van der Waals surface area contributed by atoms with Crippen molar-refractivity contribution in [3.63, 3.8) is 0 Å². The lowest BCUT2D eigenvalue weighted by molar-refractivity contribution is -0.180. The molecule has 6 nitrogen and oxygen atoms in total. The van der Waals surface area contributed by atoms with E-state index < -0.39 is 0 Å². The van der Waals surface area contributed by atoms with Gasteiger partial charge in [-0.15, -0.1) is 0 Å². The van der Waals surface area contributed by atoms with Gasteiger partial charge in [0.1, 0.15) is 0 Å². The van der Waals surface area contributed by atoms with Gasteiger partial charge in [-0.2, -0.15) is 0 Å². The van der Waals surface area contributed by atoms with E-state index in [2.05, 4.69) is 20.8 Å². The van der Waals surface area contributed by atoms with Crippen LogP contribution in [0.3, 0.4) is 0 Å². The second-order valence-corrected chi connectivity index (χ2v) is 7.85. The summed E-state index contributed by atoms with van der Waals surface area (Å²) in [5.41, 5.74) is 0. The number of rotatable bonds is 8. The highest BCUT2D eigenvalue weighted by atomic mass is 16.7. The molecule has 0 aliphatic carbocycles. The van der Waals surface area contributed by atoms with E-state index in [1.54, 1.807) is 7.11 Å². The van der Waals surface area contributed by atoms with Crippen molar-refractivity contribution in [2.24, 2.45) is 17.8 Å². The lowest BCUT2D eigenvalue weighted by Gasteiger charge is -2.20. The minimum atomic E-state index is -0.121. The molecule has 0 aromatic heterocycles. The van der Waals surface area contributed by atoms with Crippen LogP contribution in [0.2, 0.25) is 0 Å². The first kappa shape index (κ1) is 19.5. The molecular weight excluding hydrogens is 324 g/mol. The van der Waals surface area contributed by atoms with Gasteiger partial charge < -0.3 is 28.4 Å². The third-order valence-electron chi connectivity index (χ3n) is 5.88. The van der Waals surface area contributed by atoms with Gasteiger partial charge in [-0.05, 0) is 24.7 Å². The standard InChI is InChI=1S/C19H34O6/c1-12-9-18(20-4)25-16(12)11-22-17-6-5-15(24-17)7-8-21-19-14(3)13(2)10-23-19/h12-19H,5-11H2,1-4H3. The minimum absolute atomic E-state index is 0.0572. The molecule has 0 radical (unpaired) electrons. The van der Waals surface area contributed by atoms with Crippen molar-refractivity contribution >= 4 is 0 Å². The summed E-state index contributed by atoms with van der Waals surface area (Å²) in [5, 5.41) is 0. The molecule has 3 rings (SSSR count). The summed E-state index contributed by atoms with van der Waals surface area (Å²) in [5.74, 6) is 1.49. The molecule has 3 heterocycles. The minimum Gasteiger partial charge on any atom is -0.356 e. The predicted octanol–water partition coefficient (Wildman–Crippen LogP) is 2.94. The fourth-order valence-electron chi connectivity index (χ4n) is 3.74. The molecule has 3 aliphatic rings. The van der Waals surface area contributed by atoms with E-state index in [0.29, 0.717) is 31.0 Å². The first-order chi connectivity index (χ1) is 12.1. The predicted molar refractivity (Wildman–Crippen MR) is 91.9 cm³/mol. The van der Waals surface area contributed by atoms with E-state index in [1.165, 1.54) is 0 Å². The van der Waals surface area contributed by atoms with Crippen LogP contribution in [-0.2, 0) is 28.4 Å². The Labute approximate surface area is 151 Å². The lowest BCUT2D eigenvalue weighted by atomic mass is 9.99. The fraction of sp³-hybridized carbons (Fsp3) is 1.00. The second-order valence-electron chi connectivity index (χ2n) is 7.85. The Hall–Kier alpha value is -0.240. The zero-order valence-electron chi connectivity index (χ0n) is 16.0. The molecule has 0 saturated carbocycles. The monoisotopic (exact) mass is 358 g/mol. The molecule has 6 heteroatoms. The van der Waals surface area contributed by atoms with Gasteiger partial charge in [0.15, 0.2) is 18.9 Å². The maximum Gasteiger partial charge on any atom is 0.160 e. The molecule has 3 fully saturated rings. The maximum absolute atomic E-state index is 5.99. The molecule has 0 N–H and O–H groups in total. The van der Waals surface area contributed by atoms with Gasteiger partial charge in [0, 0.05) is 25.9 Å². The van der Waals surface area contributed by atoms with Crippen LogP contribution in [0.1, 0.15) is 46.5 Å². The Morgan fingerprint density at radius 3 is 2.48 bits per heavy atom. The molecule has 146 valence electrons. The molecule has 0 spiro atoms. The van der Waals surface area contributed by atoms with Crippen molar-refractivity contribution in [2.45, 2.75) is 77.5 Å². The summed E-state index contributed by atoms with van der Waals surface area (Å²) >= 11 is 0. The normalized spacial score (nSPS) is 44.6. The summed E-state index contributed by atoms with van der Waals surface area (Å²) in [6.07, 6.45) is 3.81. The first-order valence-corrected chi connectivity index (χ1v) is 9.75. The van der Waals surface area contributed by atoms with Crippen molar-refractivity contribution in [3.05, 3.63) is 0 Å². The van der Waals surface area contributed by atoms with Gasteiger partial charge in [-0.3, -0.25) is 0 Å². The fourth-order valence-corrected chi connectivity index (χ4v) is 3.74. The third-order valence-corrected chi connectivity index (χ3v) is 5.88. The lowest BCUT2D eigenvalue weighted by Crippen LogP contribution is -2.26. The number of hydrogen-bond acceptors (Lipinski definition) is 6. The second kappa shape index (κ2) is 9.11. The van der Waals surface area contributed by atoms with E-state index in [4.69, 9.17) is 28.4 Å². The van der Waals surface area contributed by atoms with E-state index in [0.717, 1.165) is 32.3 Å². The van der Waals surface area contributed by atoms with Gasteiger partial charge in [-0.25, -0.2) is 0 Å². The molecular formula is C19H34O6. The van der Waals surface area contributed by atoms with Crippen LogP contribution in [0.5, 0.6) is 0 Å². The van der Waals surface area contributed by atoms with Crippen LogP contribution >= 0.6 is 0 Å². The quantitative estimate of drug-likeness (QED) is 0.665. The molecule has 8 unspecified atom stereocenters. The van der Waals surface area contributed by atoms with Crippen LogP contribution in [0, 0.1) is 17.8 Å². The molecule has 8 atom stereocenters. The van der Waals surface area contributed by atoms with Crippen LogP contribution in [-0.4, -0.2) is 58.0 Å².